The van der Waals surface area contributed by atoms with Crippen LogP contribution in [0.25, 0.3) is 0 Å². The normalized spacial score (nSPS) is 12.1. The van der Waals surface area contributed by atoms with E-state index in [4.69, 9.17) is 16.3 Å². The molecule has 0 radical (unpaired) electrons. The van der Waals surface area contributed by atoms with Gasteiger partial charge in [0, 0.05) is 5.02 Å². The van der Waals surface area contributed by atoms with Gasteiger partial charge in [0.15, 0.2) is 5.60 Å². The molecule has 0 aliphatic carbocycles. The van der Waals surface area contributed by atoms with Crippen LogP contribution in [-0.4, -0.2) is 40.5 Å². The van der Waals surface area contributed by atoms with Gasteiger partial charge in [0.1, 0.15) is 5.75 Å². The highest BCUT2D eigenvalue weighted by atomic mass is 35.5. The van der Waals surface area contributed by atoms with E-state index in [0.717, 1.165) is 0 Å². The number of ether oxygens (including phenoxy) is 1. The van der Waals surface area contributed by atoms with Crippen LogP contribution in [0.3, 0.4) is 0 Å². The van der Waals surface area contributed by atoms with Crippen molar-refractivity contribution in [2.45, 2.75) is 31.9 Å². The van der Waals surface area contributed by atoms with E-state index in [1.807, 2.05) is 0 Å². The first-order chi connectivity index (χ1) is 9.22. The largest absolute Gasteiger partial charge is 0.478 e. The van der Waals surface area contributed by atoms with Gasteiger partial charge in [0.2, 0.25) is 0 Å². The second kappa shape index (κ2) is 6.43. The van der Waals surface area contributed by atoms with Crippen LogP contribution < -0.4 is 10.1 Å². The minimum absolute atomic E-state index is 0.369. The third-order valence-electron chi connectivity index (χ3n) is 2.85. The van der Waals surface area contributed by atoms with Gasteiger partial charge >= 0.3 is 0 Å². The molecule has 5 nitrogen and oxygen atoms in total. The molecule has 0 unspecified atom stereocenters. The third kappa shape index (κ3) is 4.37. The molecule has 112 valence electrons. The maximum absolute atomic E-state index is 12.2. The lowest BCUT2D eigenvalue weighted by molar-refractivity contribution is -0.137. The topological polar surface area (TPSA) is 78.8 Å². The van der Waals surface area contributed by atoms with E-state index in [1.165, 1.54) is 0 Å². The molecule has 0 aliphatic rings. The molecular weight excluding hydrogens is 282 g/mol. The standard InChI is InChI=1S/C14H20ClNO4/c1-13(2,12(19)16-14(3,8-17)9-18)20-11-6-4-10(15)5-7-11/h4-7,17-18H,8-9H2,1-3H3,(H,16,19). The number of amides is 1. The summed E-state index contributed by atoms with van der Waals surface area (Å²) in [6.45, 7) is 4.01. The van der Waals surface area contributed by atoms with E-state index < -0.39 is 17.0 Å². The number of carbonyl (C=O) groups excluding carboxylic acids is 1. The zero-order valence-corrected chi connectivity index (χ0v) is 12.6. The maximum atomic E-state index is 12.2. The molecule has 1 aromatic carbocycles. The minimum Gasteiger partial charge on any atom is -0.478 e. The molecule has 3 N–H and O–H groups in total. The van der Waals surface area contributed by atoms with Crippen molar-refractivity contribution in [1.29, 1.82) is 0 Å². The van der Waals surface area contributed by atoms with Crippen LogP contribution in [0.4, 0.5) is 0 Å². The van der Waals surface area contributed by atoms with E-state index in [0.29, 0.717) is 10.8 Å². The number of hydrogen-bond acceptors (Lipinski definition) is 4. The van der Waals surface area contributed by atoms with Crippen LogP contribution in [0.5, 0.6) is 5.75 Å². The van der Waals surface area contributed by atoms with Gasteiger partial charge in [0.05, 0.1) is 18.8 Å². The number of aliphatic hydroxyl groups excluding tert-OH is 2. The van der Waals surface area contributed by atoms with E-state index in [1.54, 1.807) is 45.0 Å². The molecular formula is C14H20ClNO4. The zero-order valence-electron chi connectivity index (χ0n) is 11.8. The van der Waals surface area contributed by atoms with E-state index in [9.17, 15) is 15.0 Å². The lowest BCUT2D eigenvalue weighted by Crippen LogP contribution is -2.58. The monoisotopic (exact) mass is 301 g/mol. The SMILES string of the molecule is CC(CO)(CO)NC(=O)C(C)(C)Oc1ccc(Cl)cc1. The highest BCUT2D eigenvalue weighted by Crippen LogP contribution is 2.21. The zero-order chi connectivity index (χ0) is 15.4. The first kappa shape index (κ1) is 16.8. The first-order valence-corrected chi connectivity index (χ1v) is 6.59. The van der Waals surface area contributed by atoms with Gasteiger partial charge in [0.25, 0.3) is 5.91 Å². The van der Waals surface area contributed by atoms with E-state index in [2.05, 4.69) is 5.32 Å². The number of carbonyl (C=O) groups is 1. The van der Waals surface area contributed by atoms with Gasteiger partial charge in [-0.1, -0.05) is 11.6 Å². The van der Waals surface area contributed by atoms with Crippen molar-refractivity contribution in [3.63, 3.8) is 0 Å². The highest BCUT2D eigenvalue weighted by molar-refractivity contribution is 6.30. The van der Waals surface area contributed by atoms with Gasteiger partial charge < -0.3 is 20.3 Å². The van der Waals surface area contributed by atoms with Crippen LogP contribution in [-0.2, 0) is 4.79 Å². The Kier molecular flexibility index (Phi) is 5.39. The van der Waals surface area contributed by atoms with Crippen molar-refractivity contribution in [3.05, 3.63) is 29.3 Å². The number of benzene rings is 1. The molecule has 0 aromatic heterocycles. The lowest BCUT2D eigenvalue weighted by Gasteiger charge is -2.32. The molecule has 1 rings (SSSR count). The van der Waals surface area contributed by atoms with Crippen molar-refractivity contribution in [2.24, 2.45) is 0 Å². The van der Waals surface area contributed by atoms with Gasteiger partial charge in [-0.3, -0.25) is 4.79 Å². The predicted octanol–water partition coefficient (Wildman–Crippen LogP) is 1.36. The lowest BCUT2D eigenvalue weighted by atomic mass is 10.0. The molecule has 0 spiro atoms. The maximum Gasteiger partial charge on any atom is 0.264 e. The van der Waals surface area contributed by atoms with Crippen LogP contribution in [0, 0.1) is 0 Å². The van der Waals surface area contributed by atoms with Crippen LogP contribution in [0.15, 0.2) is 24.3 Å². The summed E-state index contributed by atoms with van der Waals surface area (Å²) in [7, 11) is 0. The second-order valence-corrected chi connectivity index (χ2v) is 5.83. The Hall–Kier alpha value is -1.30. The second-order valence-electron chi connectivity index (χ2n) is 5.40. The van der Waals surface area contributed by atoms with Gasteiger partial charge in [-0.25, -0.2) is 0 Å². The third-order valence-corrected chi connectivity index (χ3v) is 3.10. The van der Waals surface area contributed by atoms with Crippen LogP contribution in [0.1, 0.15) is 20.8 Å². The number of aliphatic hydroxyl groups is 2. The fourth-order valence-corrected chi connectivity index (χ4v) is 1.52. The van der Waals surface area contributed by atoms with Crippen molar-refractivity contribution in [2.75, 3.05) is 13.2 Å². The summed E-state index contributed by atoms with van der Waals surface area (Å²) in [6.07, 6.45) is 0. The molecule has 0 bridgehead atoms. The summed E-state index contributed by atoms with van der Waals surface area (Å²) < 4.78 is 5.62. The Morgan fingerprint density at radius 2 is 1.70 bits per heavy atom. The Morgan fingerprint density at radius 1 is 1.20 bits per heavy atom. The Morgan fingerprint density at radius 3 is 2.15 bits per heavy atom. The summed E-state index contributed by atoms with van der Waals surface area (Å²) in [5.74, 6) is 0.0716. The molecule has 1 amide bonds. The quantitative estimate of drug-likeness (QED) is 0.741. The van der Waals surface area contributed by atoms with Gasteiger partial charge in [-0.15, -0.1) is 0 Å². The van der Waals surface area contributed by atoms with Gasteiger partial charge in [-0.05, 0) is 45.0 Å². The Balaban J connectivity index is 2.77. The summed E-state index contributed by atoms with van der Waals surface area (Å²) in [4.78, 5) is 12.2. The molecule has 0 fully saturated rings. The van der Waals surface area contributed by atoms with Crippen molar-refractivity contribution < 1.29 is 19.7 Å². The number of halogens is 1. The molecule has 0 aliphatic heterocycles. The fourth-order valence-electron chi connectivity index (χ4n) is 1.40. The van der Waals surface area contributed by atoms with Crippen molar-refractivity contribution >= 4 is 17.5 Å². The van der Waals surface area contributed by atoms with E-state index in [-0.39, 0.29) is 13.2 Å². The average molecular weight is 302 g/mol. The van der Waals surface area contributed by atoms with E-state index >= 15 is 0 Å². The molecule has 0 saturated heterocycles. The predicted molar refractivity (Wildman–Crippen MR) is 76.9 cm³/mol. The van der Waals surface area contributed by atoms with Crippen LogP contribution in [0.2, 0.25) is 5.02 Å². The first-order valence-electron chi connectivity index (χ1n) is 6.21. The Bertz CT molecular complexity index is 455. The molecule has 20 heavy (non-hydrogen) atoms. The van der Waals surface area contributed by atoms with Crippen molar-refractivity contribution in [1.82, 2.24) is 5.32 Å². The summed E-state index contributed by atoms with van der Waals surface area (Å²) in [5, 5.41) is 21.5. The smallest absolute Gasteiger partial charge is 0.264 e. The molecule has 0 atom stereocenters. The fraction of sp³-hybridized carbons (Fsp3) is 0.500. The summed E-state index contributed by atoms with van der Waals surface area (Å²) in [6, 6.07) is 6.65. The number of hydrogen-bond donors (Lipinski definition) is 3. The molecule has 0 heterocycles. The summed E-state index contributed by atoms with van der Waals surface area (Å²) >= 11 is 5.78. The Labute approximate surface area is 123 Å². The summed E-state index contributed by atoms with van der Waals surface area (Å²) in [5.41, 5.74) is -2.24. The van der Waals surface area contributed by atoms with Crippen molar-refractivity contribution in [3.8, 4) is 5.75 Å². The minimum atomic E-state index is -1.15. The number of rotatable bonds is 6. The number of nitrogens with one attached hydrogen (secondary N) is 1. The molecule has 6 heteroatoms. The molecule has 1 aromatic rings. The average Bonchev–Trinajstić information content (AvgIpc) is 2.41. The highest BCUT2D eigenvalue weighted by Gasteiger charge is 2.35. The van der Waals surface area contributed by atoms with Crippen LogP contribution >= 0.6 is 11.6 Å². The molecule has 0 saturated carbocycles. The van der Waals surface area contributed by atoms with Gasteiger partial charge in [-0.2, -0.15) is 0 Å².